The Morgan fingerprint density at radius 1 is 1.13 bits per heavy atom. The Kier molecular flexibility index (Phi) is 5.16. The van der Waals surface area contributed by atoms with Gasteiger partial charge in [-0.2, -0.15) is 4.31 Å². The van der Waals surface area contributed by atoms with Crippen molar-refractivity contribution in [2.45, 2.75) is 57.4 Å². The molecule has 1 N–H and O–H groups in total. The average Bonchev–Trinajstić information content (AvgIpc) is 2.46. The molecule has 2 rings (SSSR count). The van der Waals surface area contributed by atoms with E-state index in [9.17, 15) is 13.2 Å². The predicted octanol–water partition coefficient (Wildman–Crippen LogP) is 2.70. The van der Waals surface area contributed by atoms with Gasteiger partial charge in [-0.05, 0) is 58.2 Å². The van der Waals surface area contributed by atoms with Gasteiger partial charge in [0.05, 0.1) is 4.90 Å². The molecule has 128 valence electrons. The molecule has 23 heavy (non-hydrogen) atoms. The van der Waals surface area contributed by atoms with Gasteiger partial charge in [-0.25, -0.2) is 8.42 Å². The third-order valence-corrected chi connectivity index (χ3v) is 5.91. The van der Waals surface area contributed by atoms with Crippen LogP contribution in [0.3, 0.4) is 0 Å². The van der Waals surface area contributed by atoms with Crippen LogP contribution in [0.1, 0.15) is 56.0 Å². The molecular weight excluding hydrogens is 312 g/mol. The molecule has 1 aromatic rings. The van der Waals surface area contributed by atoms with Crippen LogP contribution < -0.4 is 5.32 Å². The molecule has 1 saturated heterocycles. The summed E-state index contributed by atoms with van der Waals surface area (Å²) in [6.07, 6.45) is 2.85. The van der Waals surface area contributed by atoms with E-state index in [4.69, 9.17) is 0 Å². The maximum Gasteiger partial charge on any atom is 0.251 e. The molecule has 0 bridgehead atoms. The Morgan fingerprint density at radius 2 is 1.74 bits per heavy atom. The van der Waals surface area contributed by atoms with E-state index in [0.29, 0.717) is 24.2 Å². The summed E-state index contributed by atoms with van der Waals surface area (Å²) in [5.74, 6) is -0.257. The molecule has 0 radical (unpaired) electrons. The number of rotatable bonds is 3. The lowest BCUT2D eigenvalue weighted by molar-refractivity contribution is 0.0919. The number of hydrogen-bond donors (Lipinski definition) is 1. The summed E-state index contributed by atoms with van der Waals surface area (Å²) < 4.78 is 27.3. The average molecular weight is 338 g/mol. The highest BCUT2D eigenvalue weighted by molar-refractivity contribution is 7.89. The molecular formula is C17H26N2O3S. The number of hydrogen-bond acceptors (Lipinski definition) is 3. The minimum Gasteiger partial charge on any atom is -0.347 e. The second-order valence-corrected chi connectivity index (χ2v) is 9.06. The Balaban J connectivity index is 2.35. The van der Waals surface area contributed by atoms with E-state index in [1.807, 2.05) is 20.8 Å². The van der Waals surface area contributed by atoms with E-state index in [2.05, 4.69) is 5.32 Å². The Bertz CT molecular complexity index is 684. The fourth-order valence-corrected chi connectivity index (χ4v) is 4.44. The highest BCUT2D eigenvalue weighted by Crippen LogP contribution is 2.24. The maximum atomic E-state index is 12.9. The smallest absolute Gasteiger partial charge is 0.251 e. The topological polar surface area (TPSA) is 66.5 Å². The van der Waals surface area contributed by atoms with Gasteiger partial charge in [0.25, 0.3) is 5.91 Å². The summed E-state index contributed by atoms with van der Waals surface area (Å²) in [6.45, 7) is 8.56. The number of benzene rings is 1. The van der Waals surface area contributed by atoms with Crippen LogP contribution in [-0.2, 0) is 10.0 Å². The summed E-state index contributed by atoms with van der Waals surface area (Å²) >= 11 is 0. The fraction of sp³-hybridized carbons (Fsp3) is 0.588. The lowest BCUT2D eigenvalue weighted by atomic mass is 10.1. The van der Waals surface area contributed by atoms with Crippen LogP contribution in [0.2, 0.25) is 0 Å². The quantitative estimate of drug-likeness (QED) is 0.921. The molecule has 6 heteroatoms. The summed E-state index contributed by atoms with van der Waals surface area (Å²) in [7, 11) is -3.54. The number of carbonyl (C=O) groups excluding carboxylic acids is 1. The molecule has 1 aromatic carbocycles. The second kappa shape index (κ2) is 6.61. The first-order valence-corrected chi connectivity index (χ1v) is 9.48. The van der Waals surface area contributed by atoms with Crippen LogP contribution in [0.4, 0.5) is 0 Å². The zero-order valence-corrected chi connectivity index (χ0v) is 15.2. The SMILES string of the molecule is Cc1ccc(C(=O)NC(C)(C)C)cc1S(=O)(=O)N1CCCCC1. The van der Waals surface area contributed by atoms with Crippen molar-refractivity contribution in [3.8, 4) is 0 Å². The molecule has 0 aromatic heterocycles. The summed E-state index contributed by atoms with van der Waals surface area (Å²) in [4.78, 5) is 12.5. The van der Waals surface area contributed by atoms with Crippen LogP contribution in [0.25, 0.3) is 0 Å². The maximum absolute atomic E-state index is 12.9. The van der Waals surface area contributed by atoms with Gasteiger partial charge in [0.1, 0.15) is 0 Å². The molecule has 1 aliphatic heterocycles. The van der Waals surface area contributed by atoms with Gasteiger partial charge < -0.3 is 5.32 Å². The zero-order chi connectivity index (χ0) is 17.3. The molecule has 1 aliphatic rings. The fourth-order valence-electron chi connectivity index (χ4n) is 2.68. The minimum atomic E-state index is -3.54. The van der Waals surface area contributed by atoms with E-state index < -0.39 is 10.0 Å². The number of piperidine rings is 1. The number of nitrogens with one attached hydrogen (secondary N) is 1. The van der Waals surface area contributed by atoms with Crippen LogP contribution in [0.15, 0.2) is 23.1 Å². The van der Waals surface area contributed by atoms with Crippen LogP contribution >= 0.6 is 0 Å². The molecule has 0 spiro atoms. The van der Waals surface area contributed by atoms with E-state index in [1.54, 1.807) is 19.1 Å². The van der Waals surface area contributed by atoms with Crippen LogP contribution in [-0.4, -0.2) is 37.3 Å². The number of carbonyl (C=O) groups is 1. The largest absolute Gasteiger partial charge is 0.347 e. The second-order valence-electron chi connectivity index (χ2n) is 7.15. The third-order valence-electron chi connectivity index (χ3n) is 3.87. The van der Waals surface area contributed by atoms with Gasteiger partial charge in [-0.3, -0.25) is 4.79 Å². The molecule has 5 nitrogen and oxygen atoms in total. The number of sulfonamides is 1. The van der Waals surface area contributed by atoms with Crippen LogP contribution in [0.5, 0.6) is 0 Å². The van der Waals surface area contributed by atoms with Crippen molar-refractivity contribution in [2.75, 3.05) is 13.1 Å². The molecule has 1 fully saturated rings. The van der Waals surface area contributed by atoms with E-state index in [1.165, 1.54) is 10.4 Å². The summed E-state index contributed by atoms with van der Waals surface area (Å²) in [5.41, 5.74) is 0.678. The van der Waals surface area contributed by atoms with Crippen molar-refractivity contribution < 1.29 is 13.2 Å². The number of amides is 1. The first kappa shape index (κ1) is 17.9. The highest BCUT2D eigenvalue weighted by atomic mass is 32.2. The van der Waals surface area contributed by atoms with Crippen LogP contribution in [0, 0.1) is 6.92 Å². The molecule has 0 atom stereocenters. The van der Waals surface area contributed by atoms with E-state index >= 15 is 0 Å². The van der Waals surface area contributed by atoms with Crippen molar-refractivity contribution in [1.82, 2.24) is 9.62 Å². The number of nitrogens with zero attached hydrogens (tertiary/aromatic N) is 1. The van der Waals surface area contributed by atoms with Gasteiger partial charge in [-0.15, -0.1) is 0 Å². The van der Waals surface area contributed by atoms with Crippen molar-refractivity contribution >= 4 is 15.9 Å². The molecule has 1 amide bonds. The first-order chi connectivity index (χ1) is 10.6. The number of aryl methyl sites for hydroxylation is 1. The Morgan fingerprint density at radius 3 is 2.30 bits per heavy atom. The Labute approximate surface area is 139 Å². The standard InChI is InChI=1S/C17H26N2O3S/c1-13-8-9-14(16(20)18-17(2,3)4)12-15(13)23(21,22)19-10-6-5-7-11-19/h8-9,12H,5-7,10-11H2,1-4H3,(H,18,20). The molecule has 0 saturated carbocycles. The lowest BCUT2D eigenvalue weighted by Gasteiger charge is -2.27. The lowest BCUT2D eigenvalue weighted by Crippen LogP contribution is -2.40. The zero-order valence-electron chi connectivity index (χ0n) is 14.3. The van der Waals surface area contributed by atoms with Gasteiger partial charge in [0, 0.05) is 24.2 Å². The predicted molar refractivity (Wildman–Crippen MR) is 91.0 cm³/mol. The minimum absolute atomic E-state index is 0.237. The van der Waals surface area contributed by atoms with Gasteiger partial charge in [0.2, 0.25) is 10.0 Å². The van der Waals surface area contributed by atoms with Gasteiger partial charge >= 0.3 is 0 Å². The third kappa shape index (κ3) is 4.32. The summed E-state index contributed by atoms with van der Waals surface area (Å²) in [6, 6.07) is 4.88. The molecule has 0 unspecified atom stereocenters. The molecule has 1 heterocycles. The van der Waals surface area contributed by atoms with E-state index in [-0.39, 0.29) is 16.3 Å². The Hall–Kier alpha value is -1.40. The monoisotopic (exact) mass is 338 g/mol. The van der Waals surface area contributed by atoms with Gasteiger partial charge in [0.15, 0.2) is 0 Å². The van der Waals surface area contributed by atoms with Crippen molar-refractivity contribution in [3.63, 3.8) is 0 Å². The molecule has 0 aliphatic carbocycles. The van der Waals surface area contributed by atoms with Crippen molar-refractivity contribution in [1.29, 1.82) is 0 Å². The van der Waals surface area contributed by atoms with Crippen molar-refractivity contribution in [3.05, 3.63) is 29.3 Å². The highest BCUT2D eigenvalue weighted by Gasteiger charge is 2.28. The van der Waals surface area contributed by atoms with E-state index in [0.717, 1.165) is 19.3 Å². The summed E-state index contributed by atoms with van der Waals surface area (Å²) in [5, 5.41) is 2.87. The normalized spacial score (nSPS) is 17.0. The first-order valence-electron chi connectivity index (χ1n) is 8.04. The van der Waals surface area contributed by atoms with Gasteiger partial charge in [-0.1, -0.05) is 12.5 Å². The van der Waals surface area contributed by atoms with Crippen molar-refractivity contribution in [2.24, 2.45) is 0 Å².